The van der Waals surface area contributed by atoms with Crippen molar-refractivity contribution in [3.05, 3.63) is 76.9 Å². The molecule has 9 nitrogen and oxygen atoms in total. The Labute approximate surface area is 238 Å². The summed E-state index contributed by atoms with van der Waals surface area (Å²) < 4.78 is 30.3. The van der Waals surface area contributed by atoms with Crippen molar-refractivity contribution >= 4 is 39.3 Å². The summed E-state index contributed by atoms with van der Waals surface area (Å²) in [4.78, 5) is 32.3. The van der Waals surface area contributed by atoms with Gasteiger partial charge in [0, 0.05) is 10.0 Å². The molecule has 1 atom stereocenters. The van der Waals surface area contributed by atoms with Crippen LogP contribution in [0, 0.1) is 0 Å². The smallest absolute Gasteiger partial charge is 0.338 e. The number of ether oxygens (including phenoxy) is 5. The molecule has 1 aliphatic heterocycles. The molecule has 3 aromatic rings. The third-order valence-corrected chi connectivity index (χ3v) is 7.79. The second kappa shape index (κ2) is 12.1. The van der Waals surface area contributed by atoms with E-state index in [9.17, 15) is 9.59 Å². The topological polar surface area (TPSA) is 97.6 Å². The van der Waals surface area contributed by atoms with Gasteiger partial charge >= 0.3 is 5.97 Å². The molecule has 2 aromatic carbocycles. The summed E-state index contributed by atoms with van der Waals surface area (Å²) in [6.07, 6.45) is 1.76. The zero-order valence-corrected chi connectivity index (χ0v) is 24.9. The molecule has 4 rings (SSSR count). The number of esters is 1. The third kappa shape index (κ3) is 5.46. The van der Waals surface area contributed by atoms with Crippen LogP contribution in [0.2, 0.25) is 0 Å². The number of carbonyl (C=O) groups excluding carboxylic acids is 1. The largest absolute Gasteiger partial charge is 0.497 e. The Balaban J connectivity index is 2.00. The van der Waals surface area contributed by atoms with Crippen LogP contribution in [-0.2, 0) is 9.53 Å². The van der Waals surface area contributed by atoms with Crippen LogP contribution in [0.15, 0.2) is 55.9 Å². The summed E-state index contributed by atoms with van der Waals surface area (Å²) in [5.74, 6) is 1.62. The van der Waals surface area contributed by atoms with Crippen LogP contribution in [0.25, 0.3) is 6.08 Å². The van der Waals surface area contributed by atoms with E-state index in [0.717, 1.165) is 10.0 Å². The van der Waals surface area contributed by atoms with Gasteiger partial charge in [0.15, 0.2) is 16.3 Å². The van der Waals surface area contributed by atoms with E-state index in [-0.39, 0.29) is 17.7 Å². The van der Waals surface area contributed by atoms with E-state index in [2.05, 4.69) is 20.9 Å². The van der Waals surface area contributed by atoms with Gasteiger partial charge in [0.2, 0.25) is 0 Å². The molecule has 0 radical (unpaired) electrons. The first-order chi connectivity index (χ1) is 18.8. The summed E-state index contributed by atoms with van der Waals surface area (Å²) in [6.45, 7) is 5.98. The highest BCUT2D eigenvalue weighted by Gasteiger charge is 2.35. The monoisotopic (exact) mass is 616 g/mol. The molecule has 0 aliphatic carbocycles. The van der Waals surface area contributed by atoms with E-state index >= 15 is 0 Å². The maximum absolute atomic E-state index is 14.0. The number of carbonyl (C=O) groups is 1. The molecule has 2 heterocycles. The average molecular weight is 618 g/mol. The van der Waals surface area contributed by atoms with Crippen LogP contribution >= 0.6 is 27.3 Å². The normalized spacial score (nSPS) is 14.9. The van der Waals surface area contributed by atoms with Gasteiger partial charge in [-0.15, -0.1) is 0 Å². The maximum atomic E-state index is 14.0. The molecule has 0 saturated carbocycles. The first-order valence-electron chi connectivity index (χ1n) is 12.2. The van der Waals surface area contributed by atoms with Gasteiger partial charge in [-0.3, -0.25) is 9.36 Å². The summed E-state index contributed by atoms with van der Waals surface area (Å²) >= 11 is 4.80. The summed E-state index contributed by atoms with van der Waals surface area (Å²) in [6, 6.07) is 8.01. The molecule has 0 bridgehead atoms. The third-order valence-electron chi connectivity index (χ3n) is 6.12. The predicted molar refractivity (Wildman–Crippen MR) is 152 cm³/mol. The van der Waals surface area contributed by atoms with Crippen molar-refractivity contribution in [2.24, 2.45) is 4.99 Å². The molecule has 39 heavy (non-hydrogen) atoms. The average Bonchev–Trinajstić information content (AvgIpc) is 3.23. The fourth-order valence-corrected chi connectivity index (χ4v) is 5.84. The number of aromatic nitrogens is 1. The number of halogens is 1. The molecule has 0 saturated heterocycles. The van der Waals surface area contributed by atoms with Crippen molar-refractivity contribution in [3.8, 4) is 23.0 Å². The highest BCUT2D eigenvalue weighted by atomic mass is 79.9. The van der Waals surface area contributed by atoms with Gasteiger partial charge in [0.05, 0.1) is 50.3 Å². The van der Waals surface area contributed by atoms with Crippen molar-refractivity contribution < 1.29 is 28.5 Å². The van der Waals surface area contributed by atoms with E-state index in [4.69, 9.17) is 23.7 Å². The van der Waals surface area contributed by atoms with E-state index in [1.807, 2.05) is 13.0 Å². The first-order valence-corrected chi connectivity index (χ1v) is 13.8. The highest BCUT2D eigenvalue weighted by Crippen LogP contribution is 2.38. The van der Waals surface area contributed by atoms with Crippen molar-refractivity contribution in [3.63, 3.8) is 0 Å². The molecule has 1 aliphatic rings. The van der Waals surface area contributed by atoms with E-state index < -0.39 is 12.0 Å². The summed E-state index contributed by atoms with van der Waals surface area (Å²) in [5, 5.41) is 0. The van der Waals surface area contributed by atoms with Gasteiger partial charge < -0.3 is 23.7 Å². The molecule has 1 aromatic heterocycles. The first kappa shape index (κ1) is 28.4. The molecule has 0 amide bonds. The van der Waals surface area contributed by atoms with Crippen LogP contribution in [-0.4, -0.2) is 45.1 Å². The molecule has 11 heteroatoms. The number of nitrogens with zero attached hydrogens (tertiary/aromatic N) is 2. The van der Waals surface area contributed by atoms with E-state index in [1.165, 1.54) is 23.0 Å². The fraction of sp³-hybridized carbons (Fsp3) is 0.321. The summed E-state index contributed by atoms with van der Waals surface area (Å²) in [5.41, 5.74) is 1.70. The number of methoxy groups -OCH3 is 3. The maximum Gasteiger partial charge on any atom is 0.338 e. The molecule has 0 N–H and O–H groups in total. The SMILES string of the molecule is CCOC(=O)C1=C(C)N=c2s/c(=C/c3cc(OCC)c(OC)cc3Br)c(=O)n2[C@@H]1c1cc(OC)ccc1OC. The van der Waals surface area contributed by atoms with Gasteiger partial charge in [-0.1, -0.05) is 27.3 Å². The van der Waals surface area contributed by atoms with E-state index in [0.29, 0.717) is 50.2 Å². The number of benzene rings is 2. The number of fused-ring (bicyclic) bond motifs is 1. The predicted octanol–water partition coefficient (Wildman–Crippen LogP) is 3.99. The zero-order valence-electron chi connectivity index (χ0n) is 22.5. The second-order valence-electron chi connectivity index (χ2n) is 8.37. The number of rotatable bonds is 9. The number of hydrogen-bond donors (Lipinski definition) is 0. The van der Waals surface area contributed by atoms with Crippen LogP contribution in [0.3, 0.4) is 0 Å². The van der Waals surface area contributed by atoms with Crippen LogP contribution in [0.1, 0.15) is 37.9 Å². The van der Waals surface area contributed by atoms with Gasteiger partial charge in [-0.05, 0) is 62.7 Å². The lowest BCUT2D eigenvalue weighted by atomic mass is 9.94. The Morgan fingerprint density at radius 1 is 1.05 bits per heavy atom. The van der Waals surface area contributed by atoms with Gasteiger partial charge in [-0.25, -0.2) is 9.79 Å². The zero-order chi connectivity index (χ0) is 28.3. The standard InChI is InChI=1S/C28H29BrN2O7S/c1-7-37-22-11-16(19(29)14-21(22)36-6)12-23-26(32)31-25(18-13-17(34-4)9-10-20(18)35-5)24(27(33)38-8-2)15(3)30-28(31)39-23/h9-14,25H,7-8H2,1-6H3/b23-12+/t25-/m1/s1. The van der Waals surface area contributed by atoms with Gasteiger partial charge in [0.25, 0.3) is 5.56 Å². The molecule has 0 fully saturated rings. The van der Waals surface area contributed by atoms with E-state index in [1.54, 1.807) is 58.4 Å². The molecular weight excluding hydrogens is 588 g/mol. The van der Waals surface area contributed by atoms with Crippen LogP contribution in [0.5, 0.6) is 23.0 Å². The lowest BCUT2D eigenvalue weighted by Gasteiger charge is -2.26. The minimum atomic E-state index is -0.842. The molecule has 206 valence electrons. The van der Waals surface area contributed by atoms with Gasteiger partial charge in [0.1, 0.15) is 17.5 Å². The molecule has 0 unspecified atom stereocenters. The van der Waals surface area contributed by atoms with Gasteiger partial charge in [-0.2, -0.15) is 0 Å². The van der Waals surface area contributed by atoms with Crippen molar-refractivity contribution in [1.82, 2.24) is 4.57 Å². The fourth-order valence-electron chi connectivity index (χ4n) is 4.37. The second-order valence-corrected chi connectivity index (χ2v) is 10.2. The Morgan fingerprint density at radius 2 is 1.79 bits per heavy atom. The number of allylic oxidation sites excluding steroid dienone is 1. The number of thiazole rings is 1. The Hall–Kier alpha value is -3.57. The van der Waals surface area contributed by atoms with Crippen molar-refractivity contribution in [1.29, 1.82) is 0 Å². The molecular formula is C28H29BrN2O7S. The Bertz CT molecular complexity index is 1620. The van der Waals surface area contributed by atoms with Crippen molar-refractivity contribution in [2.45, 2.75) is 26.8 Å². The van der Waals surface area contributed by atoms with Crippen LogP contribution < -0.4 is 33.8 Å². The Morgan fingerprint density at radius 3 is 2.44 bits per heavy atom. The number of hydrogen-bond acceptors (Lipinski definition) is 9. The Kier molecular flexibility index (Phi) is 8.81. The quantitative estimate of drug-likeness (QED) is 0.335. The lowest BCUT2D eigenvalue weighted by molar-refractivity contribution is -0.139. The van der Waals surface area contributed by atoms with Crippen LogP contribution in [0.4, 0.5) is 0 Å². The highest BCUT2D eigenvalue weighted by molar-refractivity contribution is 9.10. The van der Waals surface area contributed by atoms with Crippen molar-refractivity contribution in [2.75, 3.05) is 34.5 Å². The lowest BCUT2D eigenvalue weighted by Crippen LogP contribution is -2.40. The summed E-state index contributed by atoms with van der Waals surface area (Å²) in [7, 11) is 4.65. The minimum Gasteiger partial charge on any atom is -0.497 e. The minimum absolute atomic E-state index is 0.176. The molecule has 0 spiro atoms.